The van der Waals surface area contributed by atoms with Gasteiger partial charge in [0.2, 0.25) is 15.9 Å². The van der Waals surface area contributed by atoms with Crippen molar-refractivity contribution in [2.45, 2.75) is 17.9 Å². The van der Waals surface area contributed by atoms with Gasteiger partial charge in [0.05, 0.1) is 27.5 Å². The molecule has 0 bridgehead atoms. The van der Waals surface area contributed by atoms with Crippen LogP contribution in [-0.4, -0.2) is 48.3 Å². The molecule has 3 aromatic carbocycles. The molecule has 3 aromatic rings. The van der Waals surface area contributed by atoms with Gasteiger partial charge < -0.3 is 14.8 Å². The van der Waals surface area contributed by atoms with E-state index in [0.717, 1.165) is 10.6 Å². The van der Waals surface area contributed by atoms with Crippen LogP contribution in [0.15, 0.2) is 71.6 Å². The van der Waals surface area contributed by atoms with Crippen LogP contribution in [0, 0.1) is 0 Å². The normalized spacial score (nSPS) is 13.9. The molecule has 4 rings (SSSR count). The minimum atomic E-state index is -3.93. The number of halogens is 1. The number of carbonyl (C=O) groups is 1. The Morgan fingerprint density at radius 2 is 1.59 bits per heavy atom. The third-order valence-corrected chi connectivity index (χ3v) is 8.37. The second-order valence-electron chi connectivity index (χ2n) is 8.16. The van der Waals surface area contributed by atoms with Gasteiger partial charge in [-0.3, -0.25) is 13.8 Å². The third kappa shape index (κ3) is 6.09. The van der Waals surface area contributed by atoms with Crippen molar-refractivity contribution in [1.82, 2.24) is 0 Å². The minimum Gasteiger partial charge on any atom is -0.486 e. The van der Waals surface area contributed by atoms with Gasteiger partial charge in [0.1, 0.15) is 19.3 Å². The molecule has 13 heteroatoms. The number of benzene rings is 3. The fraction of sp³-hybridized carbons (Fsp3) is 0.208. The Morgan fingerprint density at radius 1 is 0.946 bits per heavy atom. The smallest absolute Gasteiger partial charge is 0.261 e. The molecule has 0 aliphatic carbocycles. The quantitative estimate of drug-likeness (QED) is 0.425. The molecule has 1 atom stereocenters. The van der Waals surface area contributed by atoms with Gasteiger partial charge in [-0.1, -0.05) is 23.7 Å². The predicted molar refractivity (Wildman–Crippen MR) is 142 cm³/mol. The molecule has 0 aromatic heterocycles. The first-order chi connectivity index (χ1) is 17.5. The largest absolute Gasteiger partial charge is 0.486 e. The summed E-state index contributed by atoms with van der Waals surface area (Å²) in [6.07, 6.45) is 0.999. The van der Waals surface area contributed by atoms with Crippen LogP contribution in [0.4, 0.5) is 17.1 Å². The molecule has 0 unspecified atom stereocenters. The van der Waals surface area contributed by atoms with Crippen molar-refractivity contribution in [2.24, 2.45) is 0 Å². The Balaban J connectivity index is 1.51. The van der Waals surface area contributed by atoms with Crippen LogP contribution in [0.1, 0.15) is 6.92 Å². The molecule has 196 valence electrons. The zero-order valence-corrected chi connectivity index (χ0v) is 22.2. The number of nitrogens with one attached hydrogen (secondary N) is 2. The summed E-state index contributed by atoms with van der Waals surface area (Å²) in [5, 5.41) is 2.87. The van der Waals surface area contributed by atoms with Crippen molar-refractivity contribution in [3.8, 4) is 11.5 Å². The summed E-state index contributed by atoms with van der Waals surface area (Å²) in [6, 6.07) is 15.3. The van der Waals surface area contributed by atoms with E-state index in [0.29, 0.717) is 24.7 Å². The Labute approximate surface area is 220 Å². The molecule has 1 aliphatic rings. The zero-order chi connectivity index (χ0) is 26.8. The molecule has 1 amide bonds. The standard InChI is InChI=1S/C24H24ClN3O7S2/c1-16(28(36(2,30)31)18-9-12-22-23(15-18)35-14-13-34-22)24(29)26-17-7-10-19(11-8-17)37(32,33)27-21-6-4-3-5-20(21)25/h3-12,15-16,27H,13-14H2,1-2H3,(H,26,29)/t16-/m0/s1. The first-order valence-electron chi connectivity index (χ1n) is 11.0. The van der Waals surface area contributed by atoms with Crippen molar-refractivity contribution >= 4 is 54.6 Å². The number of anilines is 3. The highest BCUT2D eigenvalue weighted by molar-refractivity contribution is 7.92. The van der Waals surface area contributed by atoms with Crippen molar-refractivity contribution in [3.63, 3.8) is 0 Å². The van der Waals surface area contributed by atoms with Gasteiger partial charge in [-0.25, -0.2) is 16.8 Å². The summed E-state index contributed by atoms with van der Waals surface area (Å²) >= 11 is 6.03. The van der Waals surface area contributed by atoms with E-state index in [1.165, 1.54) is 49.4 Å². The Kier molecular flexibility index (Phi) is 7.53. The third-order valence-electron chi connectivity index (χ3n) is 5.42. The topological polar surface area (TPSA) is 131 Å². The maximum absolute atomic E-state index is 13.0. The molecule has 1 heterocycles. The van der Waals surface area contributed by atoms with E-state index in [2.05, 4.69) is 10.0 Å². The van der Waals surface area contributed by atoms with Crippen LogP contribution in [0.2, 0.25) is 5.02 Å². The molecule has 0 radical (unpaired) electrons. The number of hydrogen-bond acceptors (Lipinski definition) is 7. The molecule has 2 N–H and O–H groups in total. The van der Waals surface area contributed by atoms with E-state index in [1.54, 1.807) is 24.3 Å². The van der Waals surface area contributed by atoms with Crippen molar-refractivity contribution < 1.29 is 31.1 Å². The number of para-hydroxylation sites is 1. The molecule has 37 heavy (non-hydrogen) atoms. The van der Waals surface area contributed by atoms with Gasteiger partial charge in [0, 0.05) is 11.8 Å². The number of carbonyl (C=O) groups excluding carboxylic acids is 1. The zero-order valence-electron chi connectivity index (χ0n) is 19.8. The second-order valence-corrected chi connectivity index (χ2v) is 12.1. The van der Waals surface area contributed by atoms with Gasteiger partial charge in [0.15, 0.2) is 11.5 Å². The lowest BCUT2D eigenvalue weighted by atomic mass is 10.2. The average molecular weight is 566 g/mol. The summed E-state index contributed by atoms with van der Waals surface area (Å²) < 4.78 is 65.1. The van der Waals surface area contributed by atoms with Crippen LogP contribution in [0.3, 0.4) is 0 Å². The van der Waals surface area contributed by atoms with Crippen molar-refractivity contribution in [3.05, 3.63) is 71.8 Å². The number of nitrogens with zero attached hydrogens (tertiary/aromatic N) is 1. The first kappa shape index (κ1) is 26.6. The van der Waals surface area contributed by atoms with Gasteiger partial charge in [-0.2, -0.15) is 0 Å². The van der Waals surface area contributed by atoms with Gasteiger partial charge in [-0.15, -0.1) is 0 Å². The van der Waals surface area contributed by atoms with Gasteiger partial charge >= 0.3 is 0 Å². The lowest BCUT2D eigenvalue weighted by Crippen LogP contribution is -2.45. The minimum absolute atomic E-state index is 0.0486. The van der Waals surface area contributed by atoms with E-state index in [4.69, 9.17) is 21.1 Å². The number of fused-ring (bicyclic) bond motifs is 1. The summed E-state index contributed by atoms with van der Waals surface area (Å²) in [6.45, 7) is 2.15. The second kappa shape index (κ2) is 10.5. The highest BCUT2D eigenvalue weighted by atomic mass is 35.5. The van der Waals surface area contributed by atoms with Crippen LogP contribution < -0.4 is 23.8 Å². The molecule has 0 saturated heterocycles. The Morgan fingerprint density at radius 3 is 2.24 bits per heavy atom. The lowest BCUT2D eigenvalue weighted by molar-refractivity contribution is -0.116. The highest BCUT2D eigenvalue weighted by Gasteiger charge is 2.30. The van der Waals surface area contributed by atoms with Crippen molar-refractivity contribution in [1.29, 1.82) is 0 Å². The SMILES string of the molecule is C[C@@H](C(=O)Nc1ccc(S(=O)(=O)Nc2ccccc2Cl)cc1)N(c1ccc2c(c1)OCCO2)S(C)(=O)=O. The van der Waals surface area contributed by atoms with E-state index in [1.807, 2.05) is 0 Å². The number of rotatable bonds is 8. The van der Waals surface area contributed by atoms with E-state index < -0.39 is 32.0 Å². The maximum Gasteiger partial charge on any atom is 0.261 e. The number of ether oxygens (including phenoxy) is 2. The molecular weight excluding hydrogens is 542 g/mol. The summed E-state index contributed by atoms with van der Waals surface area (Å²) in [5.74, 6) is 0.247. The predicted octanol–water partition coefficient (Wildman–Crippen LogP) is 3.71. The molecule has 0 spiro atoms. The summed E-state index contributed by atoms with van der Waals surface area (Å²) in [7, 11) is -7.79. The van der Waals surface area contributed by atoms with E-state index >= 15 is 0 Å². The number of amides is 1. The van der Waals surface area contributed by atoms with Crippen LogP contribution in [0.25, 0.3) is 0 Å². The van der Waals surface area contributed by atoms with Crippen LogP contribution >= 0.6 is 11.6 Å². The van der Waals surface area contributed by atoms with Gasteiger partial charge in [0.25, 0.3) is 10.0 Å². The Hall–Kier alpha value is -3.48. The number of sulfonamides is 2. The maximum atomic E-state index is 13.0. The molecular formula is C24H24ClN3O7S2. The van der Waals surface area contributed by atoms with Gasteiger partial charge in [-0.05, 0) is 55.5 Å². The average Bonchev–Trinajstić information content (AvgIpc) is 2.85. The first-order valence-corrected chi connectivity index (χ1v) is 14.7. The molecule has 1 aliphatic heterocycles. The van der Waals surface area contributed by atoms with Crippen molar-refractivity contribution in [2.75, 3.05) is 33.8 Å². The fourth-order valence-electron chi connectivity index (χ4n) is 3.69. The fourth-order valence-corrected chi connectivity index (χ4v) is 6.18. The van der Waals surface area contributed by atoms with E-state index in [9.17, 15) is 21.6 Å². The molecule has 10 nitrogen and oxygen atoms in total. The monoisotopic (exact) mass is 565 g/mol. The van der Waals surface area contributed by atoms with Crippen LogP contribution in [-0.2, 0) is 24.8 Å². The molecule has 0 fully saturated rings. The summed E-state index contributed by atoms with van der Waals surface area (Å²) in [5.41, 5.74) is 0.751. The molecule has 0 saturated carbocycles. The van der Waals surface area contributed by atoms with E-state index in [-0.39, 0.29) is 27.0 Å². The summed E-state index contributed by atoms with van der Waals surface area (Å²) in [4.78, 5) is 13.0. The lowest BCUT2D eigenvalue weighted by Gasteiger charge is -2.29. The Bertz CT molecular complexity index is 1530. The number of hydrogen-bond donors (Lipinski definition) is 2. The highest BCUT2D eigenvalue weighted by Crippen LogP contribution is 2.35. The van der Waals surface area contributed by atoms with Crippen LogP contribution in [0.5, 0.6) is 11.5 Å².